The highest BCUT2D eigenvalue weighted by Gasteiger charge is 2.47. The zero-order chi connectivity index (χ0) is 30.3. The second-order valence-corrected chi connectivity index (χ2v) is 16.0. The van der Waals surface area contributed by atoms with E-state index in [9.17, 15) is 27.7 Å². The van der Waals surface area contributed by atoms with E-state index in [2.05, 4.69) is 30.9 Å². The molecule has 13 heteroatoms. The highest BCUT2D eigenvalue weighted by atomic mass is 32.2. The van der Waals surface area contributed by atoms with Crippen LogP contribution in [-0.4, -0.2) is 61.5 Å². The van der Waals surface area contributed by atoms with Crippen LogP contribution in [-0.2, 0) is 28.7 Å². The zero-order valence-electron chi connectivity index (χ0n) is 24.6. The van der Waals surface area contributed by atoms with Crippen LogP contribution in [0.1, 0.15) is 73.1 Å². The number of aliphatic hydroxyl groups is 1. The summed E-state index contributed by atoms with van der Waals surface area (Å²) >= 11 is 0. The van der Waals surface area contributed by atoms with Crippen molar-refractivity contribution in [2.24, 2.45) is 16.1 Å². The number of rotatable bonds is 8. The van der Waals surface area contributed by atoms with E-state index in [1.165, 1.54) is 18.2 Å². The largest absolute Gasteiger partial charge is 0.509 e. The third-order valence-electron chi connectivity index (χ3n) is 7.71. The molecule has 3 aliphatic rings. The van der Waals surface area contributed by atoms with Crippen molar-refractivity contribution >= 4 is 51.9 Å². The van der Waals surface area contributed by atoms with E-state index in [0.29, 0.717) is 10.8 Å². The lowest BCUT2D eigenvalue weighted by Crippen LogP contribution is -2.43. The number of sulfonamides is 1. The molecule has 2 amide bonds. The molecule has 1 fully saturated rings. The van der Waals surface area contributed by atoms with Crippen LogP contribution in [0.3, 0.4) is 0 Å². The van der Waals surface area contributed by atoms with Crippen molar-refractivity contribution in [3.8, 4) is 0 Å². The van der Waals surface area contributed by atoms with Gasteiger partial charge in [0, 0.05) is 13.5 Å². The minimum Gasteiger partial charge on any atom is -0.509 e. The minimum absolute atomic E-state index is 0.0103. The number of benzene rings is 1. The van der Waals surface area contributed by atoms with Crippen molar-refractivity contribution < 1.29 is 32.2 Å². The topological polar surface area (TPSA) is 146 Å². The van der Waals surface area contributed by atoms with Gasteiger partial charge in [0.2, 0.25) is 15.9 Å². The van der Waals surface area contributed by atoms with Crippen LogP contribution in [0.25, 0.3) is 0 Å². The summed E-state index contributed by atoms with van der Waals surface area (Å²) in [5.41, 5.74) is 0.217. The minimum atomic E-state index is -4.05. The van der Waals surface area contributed by atoms with Gasteiger partial charge < -0.3 is 19.8 Å². The summed E-state index contributed by atoms with van der Waals surface area (Å²) < 4.78 is 49.5. The lowest BCUT2D eigenvalue weighted by molar-refractivity contribution is -0.128. The fourth-order valence-electron chi connectivity index (χ4n) is 5.84. The number of anilines is 2. The predicted octanol–water partition coefficient (Wildman–Crippen LogP) is 4.72. The Morgan fingerprint density at radius 2 is 1.90 bits per heavy atom. The highest BCUT2D eigenvalue weighted by Crippen LogP contribution is 2.53. The molecule has 2 atom stereocenters. The van der Waals surface area contributed by atoms with Gasteiger partial charge in [-0.2, -0.15) is 4.76 Å². The van der Waals surface area contributed by atoms with Gasteiger partial charge in [0.15, 0.2) is 5.84 Å². The molecular formula is C28H41N4O7PS. The quantitative estimate of drug-likeness (QED) is 0.404. The summed E-state index contributed by atoms with van der Waals surface area (Å²) in [7, 11) is -8.02. The monoisotopic (exact) mass is 608 g/mol. The van der Waals surface area contributed by atoms with Crippen LogP contribution in [0.5, 0.6) is 0 Å². The Labute approximate surface area is 242 Å². The number of aliphatic hydroxyl groups excluding tert-OH is 1. The lowest BCUT2D eigenvalue weighted by Gasteiger charge is -2.35. The maximum Gasteiger partial charge on any atom is 0.348 e. The van der Waals surface area contributed by atoms with Crippen molar-refractivity contribution in [3.05, 3.63) is 29.5 Å². The zero-order valence-corrected chi connectivity index (χ0v) is 26.3. The van der Waals surface area contributed by atoms with Gasteiger partial charge in [0.1, 0.15) is 11.3 Å². The van der Waals surface area contributed by atoms with Crippen LogP contribution in [0.15, 0.2) is 34.3 Å². The Balaban J connectivity index is 1.80. The average Bonchev–Trinajstić information content (AvgIpc) is 3.11. The maximum atomic E-state index is 14.2. The molecule has 0 aromatic heterocycles. The van der Waals surface area contributed by atoms with E-state index >= 15 is 0 Å². The molecule has 0 radical (unpaired) electrons. The normalized spacial score (nSPS) is 23.8. The number of amides is 2. The Bertz CT molecular complexity index is 1440. The number of carbonyl (C=O) groups is 2. The Morgan fingerprint density at radius 3 is 2.46 bits per heavy atom. The predicted molar refractivity (Wildman–Crippen MR) is 160 cm³/mol. The standard InChI is InChI=1S/C28H41N4O7PS/c1-7-39-40(36)22-17-20(32(18(2)33)41(6,37)38)13-14-21(22)29-26(30-40)23-25(34)24(19-11-9-8-10-12-19)31(27(23)35)16-15-28(3,4)5/h13-14,17,19,24,34H,7-12,15-16H2,1-6H3,(H,29,30,36). The van der Waals surface area contributed by atoms with E-state index in [1.807, 2.05) is 0 Å². The molecule has 1 saturated carbocycles. The molecular weight excluding hydrogens is 567 g/mol. The summed E-state index contributed by atoms with van der Waals surface area (Å²) in [5.74, 6) is -1.13. The van der Waals surface area contributed by atoms with E-state index < -0.39 is 29.5 Å². The SMILES string of the molecule is CCOP1(=O)N=C(C2=C(O)C(C3CCCCC3)N(CCC(C)(C)C)C2=O)Nc2ccc(N(C(C)=O)S(C)(=O)=O)cc21. The molecule has 226 valence electrons. The molecule has 4 rings (SSSR count). The molecule has 2 heterocycles. The number of nitrogens with one attached hydrogen (secondary N) is 1. The van der Waals surface area contributed by atoms with Gasteiger partial charge >= 0.3 is 7.52 Å². The molecule has 2 aliphatic heterocycles. The Kier molecular flexibility index (Phi) is 8.79. The van der Waals surface area contributed by atoms with Crippen LogP contribution in [0, 0.1) is 11.3 Å². The number of amidine groups is 1. The van der Waals surface area contributed by atoms with Crippen molar-refractivity contribution in [1.82, 2.24) is 4.90 Å². The molecule has 0 saturated heterocycles. The molecule has 41 heavy (non-hydrogen) atoms. The summed E-state index contributed by atoms with van der Waals surface area (Å²) in [5, 5.41) is 14.7. The van der Waals surface area contributed by atoms with Gasteiger partial charge in [0.25, 0.3) is 5.91 Å². The average molecular weight is 609 g/mol. The highest BCUT2D eigenvalue weighted by molar-refractivity contribution is 7.92. The first kappa shape index (κ1) is 31.3. The smallest absolute Gasteiger partial charge is 0.348 e. The van der Waals surface area contributed by atoms with Gasteiger partial charge in [0.05, 0.1) is 35.6 Å². The number of hydrogen-bond donors (Lipinski definition) is 2. The van der Waals surface area contributed by atoms with Crippen molar-refractivity contribution in [2.75, 3.05) is 29.0 Å². The van der Waals surface area contributed by atoms with Gasteiger partial charge in [-0.15, -0.1) is 0 Å². The van der Waals surface area contributed by atoms with Crippen molar-refractivity contribution in [1.29, 1.82) is 0 Å². The van der Waals surface area contributed by atoms with E-state index in [0.717, 1.165) is 51.7 Å². The Morgan fingerprint density at radius 1 is 1.24 bits per heavy atom. The number of fused-ring (bicyclic) bond motifs is 1. The van der Waals surface area contributed by atoms with Crippen molar-refractivity contribution in [3.63, 3.8) is 0 Å². The number of carbonyl (C=O) groups excluding carboxylic acids is 2. The van der Waals surface area contributed by atoms with E-state index in [-0.39, 0.29) is 57.7 Å². The fraction of sp³-hybridized carbons (Fsp3) is 0.607. The molecule has 2 N–H and O–H groups in total. The molecule has 0 bridgehead atoms. The maximum absolute atomic E-state index is 14.2. The second kappa shape index (κ2) is 11.5. The van der Waals surface area contributed by atoms with Crippen molar-refractivity contribution in [2.45, 2.75) is 79.2 Å². The second-order valence-electron chi connectivity index (χ2n) is 12.2. The summed E-state index contributed by atoms with van der Waals surface area (Å²) in [4.78, 5) is 27.9. The van der Waals surface area contributed by atoms with Gasteiger partial charge in [-0.25, -0.2) is 12.7 Å². The summed E-state index contributed by atoms with van der Waals surface area (Å²) in [6, 6.07) is 3.68. The molecule has 0 spiro atoms. The van der Waals surface area contributed by atoms with Gasteiger partial charge in [-0.05, 0) is 55.7 Å². The van der Waals surface area contributed by atoms with E-state index in [1.54, 1.807) is 11.8 Å². The van der Waals surface area contributed by atoms with Gasteiger partial charge in [-0.1, -0.05) is 40.0 Å². The Hall–Kier alpha value is -2.69. The molecule has 11 nitrogen and oxygen atoms in total. The molecule has 2 unspecified atom stereocenters. The van der Waals surface area contributed by atoms with Gasteiger partial charge in [-0.3, -0.25) is 14.2 Å². The fourth-order valence-corrected chi connectivity index (χ4v) is 8.60. The molecule has 1 aromatic rings. The first-order valence-electron chi connectivity index (χ1n) is 14.1. The van der Waals surface area contributed by atoms with Crippen LogP contribution in [0.2, 0.25) is 0 Å². The molecule has 1 aromatic carbocycles. The summed E-state index contributed by atoms with van der Waals surface area (Å²) in [6.07, 6.45) is 6.63. The third kappa shape index (κ3) is 6.39. The number of nitrogens with zero attached hydrogens (tertiary/aromatic N) is 3. The van der Waals surface area contributed by atoms with Crippen LogP contribution < -0.4 is 14.9 Å². The lowest BCUT2D eigenvalue weighted by atomic mass is 9.82. The first-order valence-corrected chi connectivity index (χ1v) is 17.5. The van der Waals surface area contributed by atoms with Crippen LogP contribution in [0.4, 0.5) is 11.4 Å². The summed E-state index contributed by atoms with van der Waals surface area (Å²) in [6.45, 7) is 9.54. The first-order chi connectivity index (χ1) is 19.1. The van der Waals surface area contributed by atoms with E-state index in [4.69, 9.17) is 4.52 Å². The van der Waals surface area contributed by atoms with Crippen LogP contribution >= 0.6 is 7.52 Å². The number of hydrogen-bond acceptors (Lipinski definition) is 8. The molecule has 1 aliphatic carbocycles. The third-order valence-corrected chi connectivity index (χ3v) is 10.9.